The summed E-state index contributed by atoms with van der Waals surface area (Å²) >= 11 is 0. The largest absolute Gasteiger partial charge is 0.465 e. The second-order valence-electron chi connectivity index (χ2n) is 6.01. The van der Waals surface area contributed by atoms with Crippen LogP contribution < -0.4 is 5.32 Å². The molecule has 1 amide bonds. The Labute approximate surface area is 176 Å². The van der Waals surface area contributed by atoms with E-state index in [9.17, 15) is 29.3 Å². The number of hydrogen-bond donors (Lipinski definition) is 1. The van der Waals surface area contributed by atoms with Crippen LogP contribution in [-0.4, -0.2) is 49.6 Å². The Balaban J connectivity index is 2.07. The molecule has 0 aliphatic heterocycles. The van der Waals surface area contributed by atoms with Crippen molar-refractivity contribution < 1.29 is 38.3 Å². The molecule has 11 nitrogen and oxygen atoms in total. The van der Waals surface area contributed by atoms with Crippen LogP contribution in [0.5, 0.6) is 0 Å². The number of carbonyl (C=O) groups is 4. The third kappa shape index (κ3) is 6.10. The molecule has 2 aromatic rings. The molecule has 0 bridgehead atoms. The normalized spacial score (nSPS) is 10.0. The number of nitrogens with one attached hydrogen (secondary N) is 1. The number of rotatable bonds is 8. The summed E-state index contributed by atoms with van der Waals surface area (Å²) < 4.78 is 14.1. The molecule has 162 valence electrons. The van der Waals surface area contributed by atoms with Crippen molar-refractivity contribution in [3.05, 3.63) is 69.3 Å². The lowest BCUT2D eigenvalue weighted by Crippen LogP contribution is -2.23. The Morgan fingerprint density at radius 2 is 1.68 bits per heavy atom. The standard InChI is InChI=1S/C20H18N2O9/c1-29-19(25)13-7-8-14(20(26)30-2)15(9-13)21-17(23)11-31-18(24)10-12-5-3-4-6-16(12)22(27)28/h3-9H,10-11H2,1-2H3,(H,21,23). The van der Waals surface area contributed by atoms with Crippen molar-refractivity contribution >= 4 is 35.2 Å². The quantitative estimate of drug-likeness (QED) is 0.286. The molecule has 0 unspecified atom stereocenters. The van der Waals surface area contributed by atoms with Gasteiger partial charge in [0.05, 0.1) is 42.4 Å². The van der Waals surface area contributed by atoms with Gasteiger partial charge in [0, 0.05) is 11.6 Å². The number of nitro benzene ring substituents is 1. The Morgan fingerprint density at radius 1 is 1.00 bits per heavy atom. The van der Waals surface area contributed by atoms with Crippen LogP contribution in [0.2, 0.25) is 0 Å². The highest BCUT2D eigenvalue weighted by atomic mass is 16.6. The molecular weight excluding hydrogens is 412 g/mol. The van der Waals surface area contributed by atoms with Gasteiger partial charge in [0.1, 0.15) is 0 Å². The molecular formula is C20H18N2O9. The highest BCUT2D eigenvalue weighted by Gasteiger charge is 2.19. The molecule has 0 atom stereocenters. The molecule has 0 radical (unpaired) electrons. The van der Waals surface area contributed by atoms with E-state index in [1.807, 2.05) is 0 Å². The summed E-state index contributed by atoms with van der Waals surface area (Å²) in [7, 11) is 2.32. The minimum Gasteiger partial charge on any atom is -0.465 e. The van der Waals surface area contributed by atoms with Gasteiger partial charge in [0.2, 0.25) is 0 Å². The number of carbonyl (C=O) groups excluding carboxylic acids is 4. The van der Waals surface area contributed by atoms with Gasteiger partial charge in [0.15, 0.2) is 6.61 Å². The van der Waals surface area contributed by atoms with Crippen molar-refractivity contribution in [3.63, 3.8) is 0 Å². The van der Waals surface area contributed by atoms with E-state index in [1.165, 1.54) is 49.6 Å². The lowest BCUT2D eigenvalue weighted by atomic mass is 10.1. The van der Waals surface area contributed by atoms with Gasteiger partial charge in [-0.25, -0.2) is 9.59 Å². The number of nitro groups is 1. The molecule has 0 saturated heterocycles. The fourth-order valence-corrected chi connectivity index (χ4v) is 2.56. The van der Waals surface area contributed by atoms with Crippen LogP contribution in [0, 0.1) is 10.1 Å². The lowest BCUT2D eigenvalue weighted by molar-refractivity contribution is -0.385. The molecule has 0 fully saturated rings. The summed E-state index contributed by atoms with van der Waals surface area (Å²) in [6.07, 6.45) is -0.407. The SMILES string of the molecule is COC(=O)c1ccc(C(=O)OC)c(NC(=O)COC(=O)Cc2ccccc2[N+](=O)[O-])c1. The van der Waals surface area contributed by atoms with Gasteiger partial charge < -0.3 is 19.5 Å². The topological polar surface area (TPSA) is 151 Å². The number of para-hydroxylation sites is 1. The second-order valence-corrected chi connectivity index (χ2v) is 6.01. The number of anilines is 1. The second kappa shape index (κ2) is 10.5. The van der Waals surface area contributed by atoms with E-state index >= 15 is 0 Å². The van der Waals surface area contributed by atoms with Crippen LogP contribution >= 0.6 is 0 Å². The van der Waals surface area contributed by atoms with Crippen molar-refractivity contribution in [2.24, 2.45) is 0 Å². The van der Waals surface area contributed by atoms with Crippen molar-refractivity contribution in [1.29, 1.82) is 0 Å². The number of amides is 1. The molecule has 0 aromatic heterocycles. The van der Waals surface area contributed by atoms with Crippen molar-refractivity contribution in [1.82, 2.24) is 0 Å². The van der Waals surface area contributed by atoms with Gasteiger partial charge in [-0.15, -0.1) is 0 Å². The fraction of sp³-hybridized carbons (Fsp3) is 0.200. The molecule has 0 spiro atoms. The molecule has 2 aromatic carbocycles. The zero-order chi connectivity index (χ0) is 23.0. The van der Waals surface area contributed by atoms with Crippen LogP contribution in [0.15, 0.2) is 42.5 Å². The Hall–Kier alpha value is -4.28. The van der Waals surface area contributed by atoms with E-state index in [0.29, 0.717) is 0 Å². The van der Waals surface area contributed by atoms with E-state index in [-0.39, 0.29) is 28.1 Å². The van der Waals surface area contributed by atoms with Gasteiger partial charge in [-0.05, 0) is 18.2 Å². The Morgan fingerprint density at radius 3 is 2.32 bits per heavy atom. The zero-order valence-electron chi connectivity index (χ0n) is 16.6. The minimum absolute atomic E-state index is 0.0326. The summed E-state index contributed by atoms with van der Waals surface area (Å²) in [6.45, 7) is -0.720. The van der Waals surface area contributed by atoms with Crippen molar-refractivity contribution in [2.45, 2.75) is 6.42 Å². The maximum Gasteiger partial charge on any atom is 0.339 e. The monoisotopic (exact) mass is 430 g/mol. The van der Waals surface area contributed by atoms with Crippen LogP contribution in [0.4, 0.5) is 11.4 Å². The van der Waals surface area contributed by atoms with Crippen LogP contribution in [0.25, 0.3) is 0 Å². The fourth-order valence-electron chi connectivity index (χ4n) is 2.56. The Kier molecular flexibility index (Phi) is 7.78. The smallest absolute Gasteiger partial charge is 0.339 e. The predicted octanol–water partition coefficient (Wildman–Crippen LogP) is 1.89. The zero-order valence-corrected chi connectivity index (χ0v) is 16.6. The van der Waals surface area contributed by atoms with E-state index in [4.69, 9.17) is 4.74 Å². The summed E-state index contributed by atoms with van der Waals surface area (Å²) in [5.74, 6) is -3.12. The number of esters is 3. The first-order valence-corrected chi connectivity index (χ1v) is 8.75. The summed E-state index contributed by atoms with van der Waals surface area (Å²) in [6, 6.07) is 9.45. The number of nitrogens with zero attached hydrogens (tertiary/aromatic N) is 1. The first kappa shape index (κ1) is 23.0. The van der Waals surface area contributed by atoms with Crippen LogP contribution in [-0.2, 0) is 30.2 Å². The molecule has 0 heterocycles. The molecule has 2 rings (SSSR count). The molecule has 0 aliphatic carbocycles. The van der Waals surface area contributed by atoms with E-state index in [2.05, 4.69) is 14.8 Å². The molecule has 1 N–H and O–H groups in total. The number of methoxy groups -OCH3 is 2. The molecule has 0 saturated carbocycles. The average Bonchev–Trinajstić information content (AvgIpc) is 2.76. The van der Waals surface area contributed by atoms with Crippen molar-refractivity contribution in [2.75, 3.05) is 26.1 Å². The molecule has 31 heavy (non-hydrogen) atoms. The van der Waals surface area contributed by atoms with Gasteiger partial charge in [-0.2, -0.15) is 0 Å². The predicted molar refractivity (Wildman–Crippen MR) is 106 cm³/mol. The lowest BCUT2D eigenvalue weighted by Gasteiger charge is -2.11. The number of benzene rings is 2. The highest BCUT2D eigenvalue weighted by molar-refractivity contribution is 6.04. The third-order valence-electron chi connectivity index (χ3n) is 4.01. The van der Waals surface area contributed by atoms with Crippen molar-refractivity contribution in [3.8, 4) is 0 Å². The molecule has 0 aliphatic rings. The maximum atomic E-state index is 12.2. The summed E-state index contributed by atoms with van der Waals surface area (Å²) in [5.41, 5.74) is -0.119. The Bertz CT molecular complexity index is 1030. The minimum atomic E-state index is -0.860. The van der Waals surface area contributed by atoms with E-state index < -0.39 is 41.8 Å². The maximum absolute atomic E-state index is 12.2. The van der Waals surface area contributed by atoms with Gasteiger partial charge >= 0.3 is 17.9 Å². The van der Waals surface area contributed by atoms with Gasteiger partial charge in [0.25, 0.3) is 11.6 Å². The summed E-state index contributed by atoms with van der Waals surface area (Å²) in [4.78, 5) is 58.1. The van der Waals surface area contributed by atoms with E-state index in [1.54, 1.807) is 0 Å². The first-order valence-electron chi connectivity index (χ1n) is 8.75. The first-order chi connectivity index (χ1) is 14.8. The number of ether oxygens (including phenoxy) is 3. The summed E-state index contributed by atoms with van der Waals surface area (Å²) in [5, 5.41) is 13.4. The van der Waals surface area contributed by atoms with Crippen LogP contribution in [0.3, 0.4) is 0 Å². The van der Waals surface area contributed by atoms with Gasteiger partial charge in [-0.1, -0.05) is 18.2 Å². The third-order valence-corrected chi connectivity index (χ3v) is 4.01. The molecule has 11 heteroatoms. The van der Waals surface area contributed by atoms with Crippen LogP contribution in [0.1, 0.15) is 26.3 Å². The average molecular weight is 430 g/mol. The number of hydrogen-bond acceptors (Lipinski definition) is 9. The highest BCUT2D eigenvalue weighted by Crippen LogP contribution is 2.20. The van der Waals surface area contributed by atoms with E-state index in [0.717, 1.165) is 7.11 Å². The van der Waals surface area contributed by atoms with Gasteiger partial charge in [-0.3, -0.25) is 19.7 Å².